The van der Waals surface area contributed by atoms with Crippen molar-refractivity contribution >= 4 is 10.0 Å². The third-order valence-electron chi connectivity index (χ3n) is 5.02. The predicted octanol–water partition coefficient (Wildman–Crippen LogP) is 2.51. The number of nitrogens with zero attached hydrogens (tertiary/aromatic N) is 2. The summed E-state index contributed by atoms with van der Waals surface area (Å²) in [6.45, 7) is 6.28. The standard InChI is InChI=1S/C19H27N3O3S/c1-19(2,3)15-5-7-17(8-6-15)26(24,25)21-18(13-9-16(23)10-13)14-11-20-22(4)12-14/h5-8,11-13,16,18,21,23H,9-10H2,1-4H3/t13?,16?,18-/m0/s1. The molecule has 0 aliphatic heterocycles. The Balaban J connectivity index is 1.85. The van der Waals surface area contributed by atoms with Gasteiger partial charge in [0.2, 0.25) is 10.0 Å². The van der Waals surface area contributed by atoms with Gasteiger partial charge in [0.25, 0.3) is 0 Å². The maximum absolute atomic E-state index is 12.9. The van der Waals surface area contributed by atoms with Crippen LogP contribution in [0.5, 0.6) is 0 Å². The molecule has 0 amide bonds. The van der Waals surface area contributed by atoms with Gasteiger partial charge in [0.15, 0.2) is 0 Å². The van der Waals surface area contributed by atoms with Gasteiger partial charge in [0.05, 0.1) is 23.2 Å². The summed E-state index contributed by atoms with van der Waals surface area (Å²) < 4.78 is 30.3. The van der Waals surface area contributed by atoms with E-state index in [1.54, 1.807) is 30.1 Å². The maximum Gasteiger partial charge on any atom is 0.241 e. The van der Waals surface area contributed by atoms with E-state index in [4.69, 9.17) is 0 Å². The second kappa shape index (κ2) is 6.79. The van der Waals surface area contributed by atoms with E-state index in [0.717, 1.165) is 11.1 Å². The molecule has 3 rings (SSSR count). The average molecular weight is 378 g/mol. The predicted molar refractivity (Wildman–Crippen MR) is 100 cm³/mol. The van der Waals surface area contributed by atoms with E-state index in [1.807, 2.05) is 18.3 Å². The minimum Gasteiger partial charge on any atom is -0.393 e. The smallest absolute Gasteiger partial charge is 0.241 e. The summed E-state index contributed by atoms with van der Waals surface area (Å²) in [5.74, 6) is 0.0674. The Morgan fingerprint density at radius 2 is 1.85 bits per heavy atom. The molecule has 2 aromatic rings. The molecule has 1 aliphatic carbocycles. The summed E-state index contributed by atoms with van der Waals surface area (Å²) in [5.41, 5.74) is 1.87. The van der Waals surface area contributed by atoms with Crippen molar-refractivity contribution in [1.29, 1.82) is 0 Å². The summed E-state index contributed by atoms with van der Waals surface area (Å²) in [7, 11) is -1.87. The normalized spacial score (nSPS) is 22.0. The number of aliphatic hydroxyl groups excluding tert-OH is 1. The third kappa shape index (κ3) is 4.00. The first kappa shape index (κ1) is 19.1. The van der Waals surface area contributed by atoms with Crippen molar-refractivity contribution in [1.82, 2.24) is 14.5 Å². The van der Waals surface area contributed by atoms with Crippen LogP contribution in [0.4, 0.5) is 0 Å². The number of rotatable bonds is 5. The monoisotopic (exact) mass is 377 g/mol. The highest BCUT2D eigenvalue weighted by Crippen LogP contribution is 2.38. The Morgan fingerprint density at radius 3 is 2.31 bits per heavy atom. The SMILES string of the molecule is Cn1cc([C@@H](NS(=O)(=O)c2ccc(C(C)(C)C)cc2)C2CC(O)C2)cn1. The van der Waals surface area contributed by atoms with Gasteiger partial charge in [-0.1, -0.05) is 32.9 Å². The van der Waals surface area contributed by atoms with Crippen LogP contribution in [0.1, 0.15) is 50.8 Å². The molecule has 2 N–H and O–H groups in total. The molecule has 7 heteroatoms. The molecule has 0 saturated heterocycles. The van der Waals surface area contributed by atoms with E-state index in [2.05, 4.69) is 30.6 Å². The van der Waals surface area contributed by atoms with E-state index < -0.39 is 10.0 Å². The lowest BCUT2D eigenvalue weighted by Gasteiger charge is -2.37. The summed E-state index contributed by atoms with van der Waals surface area (Å²) in [6.07, 6.45) is 4.33. The van der Waals surface area contributed by atoms with Crippen LogP contribution in [-0.4, -0.2) is 29.4 Å². The first-order chi connectivity index (χ1) is 12.1. The largest absolute Gasteiger partial charge is 0.393 e. The topological polar surface area (TPSA) is 84.2 Å². The van der Waals surface area contributed by atoms with Crippen molar-refractivity contribution in [3.8, 4) is 0 Å². The molecule has 1 heterocycles. The lowest BCUT2D eigenvalue weighted by atomic mass is 9.76. The zero-order valence-electron chi connectivity index (χ0n) is 15.7. The molecule has 0 bridgehead atoms. The van der Waals surface area contributed by atoms with Gasteiger partial charge < -0.3 is 5.11 Å². The second-order valence-electron chi connectivity index (χ2n) is 8.21. The fourth-order valence-electron chi connectivity index (χ4n) is 3.31. The maximum atomic E-state index is 12.9. The van der Waals surface area contributed by atoms with E-state index in [-0.39, 0.29) is 28.4 Å². The van der Waals surface area contributed by atoms with E-state index in [0.29, 0.717) is 12.8 Å². The molecular weight excluding hydrogens is 350 g/mol. The summed E-state index contributed by atoms with van der Waals surface area (Å²) in [5, 5.41) is 13.8. The van der Waals surface area contributed by atoms with Crippen molar-refractivity contribution in [2.24, 2.45) is 13.0 Å². The molecule has 1 fully saturated rings. The Hall–Kier alpha value is -1.70. The number of sulfonamides is 1. The molecule has 1 saturated carbocycles. The summed E-state index contributed by atoms with van der Waals surface area (Å²) in [6, 6.07) is 6.64. The van der Waals surface area contributed by atoms with Gasteiger partial charge in [-0.25, -0.2) is 13.1 Å². The first-order valence-corrected chi connectivity index (χ1v) is 10.3. The van der Waals surface area contributed by atoms with Crippen LogP contribution < -0.4 is 4.72 Å². The fourth-order valence-corrected chi connectivity index (χ4v) is 4.60. The van der Waals surface area contributed by atoms with Crippen molar-refractivity contribution < 1.29 is 13.5 Å². The Bertz CT molecular complexity index is 860. The number of aliphatic hydroxyl groups is 1. The number of hydrogen-bond acceptors (Lipinski definition) is 4. The zero-order chi connectivity index (χ0) is 19.1. The number of aryl methyl sites for hydroxylation is 1. The van der Waals surface area contributed by atoms with Crippen LogP contribution in [0.3, 0.4) is 0 Å². The quantitative estimate of drug-likeness (QED) is 0.838. The minimum absolute atomic E-state index is 0.0317. The van der Waals surface area contributed by atoms with Crippen molar-refractivity contribution in [2.75, 3.05) is 0 Å². The Kier molecular flexibility index (Phi) is 4.98. The van der Waals surface area contributed by atoms with E-state index >= 15 is 0 Å². The number of aromatic nitrogens is 2. The molecule has 1 aromatic heterocycles. The van der Waals surface area contributed by atoms with Crippen LogP contribution in [0.15, 0.2) is 41.6 Å². The van der Waals surface area contributed by atoms with E-state index in [9.17, 15) is 13.5 Å². The van der Waals surface area contributed by atoms with Gasteiger partial charge in [-0.2, -0.15) is 5.10 Å². The summed E-state index contributed by atoms with van der Waals surface area (Å²) in [4.78, 5) is 0.249. The van der Waals surface area contributed by atoms with Gasteiger partial charge in [0.1, 0.15) is 0 Å². The molecule has 0 spiro atoms. The lowest BCUT2D eigenvalue weighted by molar-refractivity contribution is 0.0280. The van der Waals surface area contributed by atoms with Crippen LogP contribution >= 0.6 is 0 Å². The van der Waals surface area contributed by atoms with Crippen LogP contribution in [0.25, 0.3) is 0 Å². The lowest BCUT2D eigenvalue weighted by Crippen LogP contribution is -2.41. The molecule has 0 radical (unpaired) electrons. The summed E-state index contributed by atoms with van der Waals surface area (Å²) >= 11 is 0. The Labute approximate surface area is 155 Å². The molecule has 142 valence electrons. The van der Waals surface area contributed by atoms with Gasteiger partial charge in [0, 0.05) is 18.8 Å². The highest BCUT2D eigenvalue weighted by molar-refractivity contribution is 7.89. The number of nitrogens with one attached hydrogen (secondary N) is 1. The Morgan fingerprint density at radius 1 is 1.23 bits per heavy atom. The van der Waals surface area contributed by atoms with Gasteiger partial charge in [-0.3, -0.25) is 4.68 Å². The third-order valence-corrected chi connectivity index (χ3v) is 6.47. The van der Waals surface area contributed by atoms with Gasteiger partial charge in [-0.05, 0) is 41.9 Å². The average Bonchev–Trinajstić information content (AvgIpc) is 2.95. The minimum atomic E-state index is -3.67. The van der Waals surface area contributed by atoms with Crippen LogP contribution in [0, 0.1) is 5.92 Å². The second-order valence-corrected chi connectivity index (χ2v) is 9.92. The highest BCUT2D eigenvalue weighted by atomic mass is 32.2. The van der Waals surface area contributed by atoms with Gasteiger partial charge in [-0.15, -0.1) is 0 Å². The first-order valence-electron chi connectivity index (χ1n) is 8.86. The van der Waals surface area contributed by atoms with E-state index in [1.165, 1.54) is 0 Å². The number of benzene rings is 1. The molecule has 1 aliphatic rings. The molecule has 0 unspecified atom stereocenters. The highest BCUT2D eigenvalue weighted by Gasteiger charge is 2.37. The van der Waals surface area contributed by atoms with Crippen LogP contribution in [0.2, 0.25) is 0 Å². The van der Waals surface area contributed by atoms with Crippen molar-refractivity contribution in [2.45, 2.75) is 56.1 Å². The molecule has 1 aromatic carbocycles. The zero-order valence-corrected chi connectivity index (χ0v) is 16.5. The molecule has 26 heavy (non-hydrogen) atoms. The molecular formula is C19H27N3O3S. The fraction of sp³-hybridized carbons (Fsp3) is 0.526. The number of hydrogen-bond donors (Lipinski definition) is 2. The van der Waals surface area contributed by atoms with Crippen molar-refractivity contribution in [3.05, 3.63) is 47.8 Å². The molecule has 6 nitrogen and oxygen atoms in total. The van der Waals surface area contributed by atoms with Gasteiger partial charge >= 0.3 is 0 Å². The molecule has 1 atom stereocenters. The van der Waals surface area contributed by atoms with Crippen LogP contribution in [-0.2, 0) is 22.5 Å². The van der Waals surface area contributed by atoms with Crippen molar-refractivity contribution in [3.63, 3.8) is 0 Å².